The lowest BCUT2D eigenvalue weighted by Crippen LogP contribution is -2.37. The summed E-state index contributed by atoms with van der Waals surface area (Å²) in [5.41, 5.74) is 0. The van der Waals surface area contributed by atoms with Gasteiger partial charge in [-0.3, -0.25) is 0 Å². The highest BCUT2D eigenvalue weighted by molar-refractivity contribution is 4.78. The van der Waals surface area contributed by atoms with Gasteiger partial charge < -0.3 is 14.8 Å². The van der Waals surface area contributed by atoms with Gasteiger partial charge in [0.15, 0.2) is 0 Å². The van der Waals surface area contributed by atoms with Crippen molar-refractivity contribution in [3.8, 4) is 0 Å². The Morgan fingerprint density at radius 1 is 1.27 bits per heavy atom. The van der Waals surface area contributed by atoms with Crippen LogP contribution in [0.1, 0.15) is 39.0 Å². The second kappa shape index (κ2) is 5.83. The molecule has 1 heterocycles. The molecule has 1 saturated heterocycles. The second-order valence-electron chi connectivity index (χ2n) is 4.70. The van der Waals surface area contributed by atoms with Gasteiger partial charge in [0.05, 0.1) is 18.8 Å². The Kier molecular flexibility index (Phi) is 4.42. The molecule has 2 fully saturated rings. The second-order valence-corrected chi connectivity index (χ2v) is 4.70. The molecule has 0 aromatic rings. The number of ether oxygens (including phenoxy) is 2. The first-order chi connectivity index (χ1) is 7.36. The van der Waals surface area contributed by atoms with Gasteiger partial charge >= 0.3 is 0 Å². The lowest BCUT2D eigenvalue weighted by Gasteiger charge is -2.17. The molecular weight excluding hydrogens is 190 g/mol. The molecule has 1 aliphatic carbocycles. The Bertz CT molecular complexity index is 180. The van der Waals surface area contributed by atoms with Crippen molar-refractivity contribution in [2.24, 2.45) is 0 Å². The molecule has 0 amide bonds. The zero-order valence-electron chi connectivity index (χ0n) is 9.71. The van der Waals surface area contributed by atoms with Gasteiger partial charge in [0, 0.05) is 19.2 Å². The molecular formula is C12H23NO2. The Hall–Kier alpha value is -0.120. The summed E-state index contributed by atoms with van der Waals surface area (Å²) < 4.78 is 11.3. The molecule has 0 aromatic heterocycles. The summed E-state index contributed by atoms with van der Waals surface area (Å²) in [4.78, 5) is 0. The van der Waals surface area contributed by atoms with Gasteiger partial charge in [-0.1, -0.05) is 12.8 Å². The summed E-state index contributed by atoms with van der Waals surface area (Å²) in [6.45, 7) is 4.87. The third-order valence-corrected chi connectivity index (χ3v) is 3.54. The summed E-state index contributed by atoms with van der Waals surface area (Å²) in [6.07, 6.45) is 7.30. The smallest absolute Gasteiger partial charge is 0.0700 e. The van der Waals surface area contributed by atoms with E-state index in [1.807, 2.05) is 0 Å². The van der Waals surface area contributed by atoms with E-state index in [-0.39, 0.29) is 0 Å². The summed E-state index contributed by atoms with van der Waals surface area (Å²) in [6, 6.07) is 0.539. The number of nitrogens with one attached hydrogen (secondary N) is 1. The van der Waals surface area contributed by atoms with Crippen LogP contribution in [0.4, 0.5) is 0 Å². The van der Waals surface area contributed by atoms with Crippen molar-refractivity contribution >= 4 is 0 Å². The van der Waals surface area contributed by atoms with Crippen LogP contribution in [-0.4, -0.2) is 38.0 Å². The maximum Gasteiger partial charge on any atom is 0.0700 e. The predicted octanol–water partition coefficient (Wildman–Crippen LogP) is 1.71. The molecule has 0 bridgehead atoms. The molecule has 3 nitrogen and oxygen atoms in total. The van der Waals surface area contributed by atoms with E-state index in [1.165, 1.54) is 25.7 Å². The van der Waals surface area contributed by atoms with E-state index in [1.54, 1.807) is 0 Å². The molecule has 3 heteroatoms. The number of hydrogen-bond acceptors (Lipinski definition) is 3. The normalized spacial score (nSPS) is 32.6. The average molecular weight is 213 g/mol. The van der Waals surface area contributed by atoms with Gasteiger partial charge in [0.1, 0.15) is 0 Å². The first-order valence-corrected chi connectivity index (χ1v) is 6.33. The summed E-state index contributed by atoms with van der Waals surface area (Å²) in [5, 5.41) is 3.51. The van der Waals surface area contributed by atoms with Crippen molar-refractivity contribution in [3.05, 3.63) is 0 Å². The minimum atomic E-state index is 0.372. The molecule has 0 aromatic carbocycles. The number of rotatable bonds is 5. The van der Waals surface area contributed by atoms with Crippen molar-refractivity contribution in [1.82, 2.24) is 5.32 Å². The van der Waals surface area contributed by atoms with Crippen LogP contribution in [0.2, 0.25) is 0 Å². The van der Waals surface area contributed by atoms with Crippen LogP contribution in [0.25, 0.3) is 0 Å². The van der Waals surface area contributed by atoms with Crippen molar-refractivity contribution in [1.29, 1.82) is 0 Å². The van der Waals surface area contributed by atoms with Crippen molar-refractivity contribution in [3.63, 3.8) is 0 Å². The molecule has 1 N–H and O–H groups in total. The fourth-order valence-corrected chi connectivity index (χ4v) is 2.52. The van der Waals surface area contributed by atoms with Crippen molar-refractivity contribution < 1.29 is 9.47 Å². The lowest BCUT2D eigenvalue weighted by atomic mass is 10.1. The quantitative estimate of drug-likeness (QED) is 0.705. The van der Waals surface area contributed by atoms with E-state index >= 15 is 0 Å². The standard InChI is InChI=1S/C12H23NO2/c1-10-12(6-8-14-10)13-7-9-15-11-4-2-3-5-11/h10-13H,2-9H2,1H3. The minimum absolute atomic E-state index is 0.372. The molecule has 15 heavy (non-hydrogen) atoms. The van der Waals surface area contributed by atoms with E-state index in [2.05, 4.69) is 12.2 Å². The Balaban J connectivity index is 1.51. The van der Waals surface area contributed by atoms with Crippen molar-refractivity contribution in [2.45, 2.75) is 57.3 Å². The fourth-order valence-electron chi connectivity index (χ4n) is 2.52. The van der Waals surface area contributed by atoms with Crippen LogP contribution in [0, 0.1) is 0 Å². The third kappa shape index (κ3) is 3.44. The van der Waals surface area contributed by atoms with Crippen LogP contribution < -0.4 is 5.32 Å². The van der Waals surface area contributed by atoms with Crippen LogP contribution in [-0.2, 0) is 9.47 Å². The summed E-state index contributed by atoms with van der Waals surface area (Å²) >= 11 is 0. The monoisotopic (exact) mass is 213 g/mol. The zero-order valence-corrected chi connectivity index (χ0v) is 9.71. The Labute approximate surface area is 92.5 Å². The molecule has 0 radical (unpaired) electrons. The van der Waals surface area contributed by atoms with Gasteiger partial charge in [-0.25, -0.2) is 0 Å². The Morgan fingerprint density at radius 2 is 2.07 bits per heavy atom. The van der Waals surface area contributed by atoms with Crippen LogP contribution in [0.5, 0.6) is 0 Å². The fraction of sp³-hybridized carbons (Fsp3) is 1.00. The molecule has 88 valence electrons. The molecule has 0 spiro atoms. The maximum atomic E-state index is 5.79. The van der Waals surface area contributed by atoms with Crippen LogP contribution >= 0.6 is 0 Å². The maximum absolute atomic E-state index is 5.79. The van der Waals surface area contributed by atoms with Gasteiger partial charge in [0.2, 0.25) is 0 Å². The molecule has 1 saturated carbocycles. The molecule has 2 rings (SSSR count). The Morgan fingerprint density at radius 3 is 2.73 bits per heavy atom. The van der Waals surface area contributed by atoms with Gasteiger partial charge in [-0.2, -0.15) is 0 Å². The molecule has 2 unspecified atom stereocenters. The summed E-state index contributed by atoms with van der Waals surface area (Å²) in [5.74, 6) is 0. The lowest BCUT2D eigenvalue weighted by molar-refractivity contribution is 0.0565. The van der Waals surface area contributed by atoms with E-state index in [0.29, 0.717) is 18.2 Å². The largest absolute Gasteiger partial charge is 0.377 e. The van der Waals surface area contributed by atoms with Crippen LogP contribution in [0.3, 0.4) is 0 Å². The highest BCUT2D eigenvalue weighted by atomic mass is 16.5. The topological polar surface area (TPSA) is 30.5 Å². The minimum Gasteiger partial charge on any atom is -0.377 e. The molecule has 2 aliphatic rings. The van der Waals surface area contributed by atoms with E-state index in [9.17, 15) is 0 Å². The zero-order chi connectivity index (χ0) is 10.5. The first kappa shape index (κ1) is 11.4. The SMILES string of the molecule is CC1OCCC1NCCOC1CCCC1. The van der Waals surface area contributed by atoms with Gasteiger partial charge in [-0.05, 0) is 26.2 Å². The average Bonchev–Trinajstić information content (AvgIpc) is 2.85. The highest BCUT2D eigenvalue weighted by Crippen LogP contribution is 2.20. The number of hydrogen-bond donors (Lipinski definition) is 1. The van der Waals surface area contributed by atoms with Gasteiger partial charge in [-0.15, -0.1) is 0 Å². The van der Waals surface area contributed by atoms with Crippen molar-refractivity contribution in [2.75, 3.05) is 19.8 Å². The third-order valence-electron chi connectivity index (χ3n) is 3.54. The first-order valence-electron chi connectivity index (χ1n) is 6.33. The van der Waals surface area contributed by atoms with Gasteiger partial charge in [0.25, 0.3) is 0 Å². The van der Waals surface area contributed by atoms with E-state index < -0.39 is 0 Å². The highest BCUT2D eigenvalue weighted by Gasteiger charge is 2.23. The van der Waals surface area contributed by atoms with E-state index in [0.717, 1.165) is 26.2 Å². The molecule has 2 atom stereocenters. The van der Waals surface area contributed by atoms with E-state index in [4.69, 9.17) is 9.47 Å². The van der Waals surface area contributed by atoms with Crippen LogP contribution in [0.15, 0.2) is 0 Å². The summed E-state index contributed by atoms with van der Waals surface area (Å²) in [7, 11) is 0. The predicted molar refractivity (Wildman–Crippen MR) is 60.0 cm³/mol. The molecule has 1 aliphatic heterocycles.